The summed E-state index contributed by atoms with van der Waals surface area (Å²) in [7, 11) is 0. The van der Waals surface area contributed by atoms with Crippen LogP contribution in [0.5, 0.6) is 11.5 Å². The summed E-state index contributed by atoms with van der Waals surface area (Å²) < 4.78 is 6.05. The summed E-state index contributed by atoms with van der Waals surface area (Å²) in [6.07, 6.45) is 0. The van der Waals surface area contributed by atoms with Crippen molar-refractivity contribution in [3.63, 3.8) is 0 Å². The Morgan fingerprint density at radius 2 is 1.63 bits per heavy atom. The molecule has 0 aromatic heterocycles. The second-order valence-corrected chi connectivity index (χ2v) is 5.06. The monoisotopic (exact) mass is 271 g/mol. The van der Waals surface area contributed by atoms with Gasteiger partial charge in [0, 0.05) is 0 Å². The maximum atomic E-state index is 6.05. The molecule has 0 spiro atoms. The van der Waals surface area contributed by atoms with Gasteiger partial charge in [-0.1, -0.05) is 36.5 Å². The highest BCUT2D eigenvalue weighted by atomic mass is 32.1. The second kappa shape index (κ2) is 5.41. The van der Waals surface area contributed by atoms with Crippen molar-refractivity contribution < 1.29 is 4.74 Å². The smallest absolute Gasteiger partial charge is 0.137 e. The average Bonchev–Trinajstić information content (AvgIpc) is 2.39. The maximum Gasteiger partial charge on any atom is 0.137 e. The Bertz CT molecular complexity index is 635. The van der Waals surface area contributed by atoms with Gasteiger partial charge < -0.3 is 10.5 Å². The molecule has 2 aromatic rings. The van der Waals surface area contributed by atoms with Crippen molar-refractivity contribution in [2.45, 2.75) is 20.8 Å². The molecule has 2 rings (SSSR count). The van der Waals surface area contributed by atoms with Crippen LogP contribution in [0.4, 0.5) is 0 Å². The molecular weight excluding hydrogens is 254 g/mol. The summed E-state index contributed by atoms with van der Waals surface area (Å²) in [4.78, 5) is 0.346. The summed E-state index contributed by atoms with van der Waals surface area (Å²) in [6, 6.07) is 11.7. The number of para-hydroxylation sites is 1. The molecule has 2 N–H and O–H groups in total. The zero-order valence-electron chi connectivity index (χ0n) is 11.4. The van der Waals surface area contributed by atoms with Crippen LogP contribution in [-0.4, -0.2) is 4.99 Å². The van der Waals surface area contributed by atoms with Crippen LogP contribution in [0.15, 0.2) is 36.4 Å². The van der Waals surface area contributed by atoms with E-state index in [2.05, 4.69) is 26.0 Å². The van der Waals surface area contributed by atoms with Crippen LogP contribution in [0.3, 0.4) is 0 Å². The van der Waals surface area contributed by atoms with E-state index in [1.807, 2.05) is 31.2 Å². The van der Waals surface area contributed by atoms with E-state index in [-0.39, 0.29) is 0 Å². The molecule has 0 aliphatic carbocycles. The van der Waals surface area contributed by atoms with Gasteiger partial charge in [0.25, 0.3) is 0 Å². The lowest BCUT2D eigenvalue weighted by atomic mass is 10.1. The van der Waals surface area contributed by atoms with Crippen LogP contribution in [0.25, 0.3) is 0 Å². The number of nitrogens with two attached hydrogens (primary N) is 1. The Morgan fingerprint density at radius 3 is 2.32 bits per heavy atom. The molecule has 0 radical (unpaired) electrons. The van der Waals surface area contributed by atoms with Crippen molar-refractivity contribution in [3.05, 3.63) is 58.7 Å². The zero-order valence-corrected chi connectivity index (χ0v) is 12.2. The molecule has 2 aromatic carbocycles. The fourth-order valence-corrected chi connectivity index (χ4v) is 2.12. The predicted molar refractivity (Wildman–Crippen MR) is 83.1 cm³/mol. The van der Waals surface area contributed by atoms with E-state index in [1.54, 1.807) is 0 Å². The van der Waals surface area contributed by atoms with Crippen molar-refractivity contribution in [2.75, 3.05) is 0 Å². The molecule has 0 unspecified atom stereocenters. The van der Waals surface area contributed by atoms with E-state index >= 15 is 0 Å². The van der Waals surface area contributed by atoms with E-state index < -0.39 is 0 Å². The third kappa shape index (κ3) is 2.76. The van der Waals surface area contributed by atoms with E-state index in [4.69, 9.17) is 22.7 Å². The number of hydrogen-bond donors (Lipinski definition) is 1. The maximum absolute atomic E-state index is 6.05. The molecule has 0 bridgehead atoms. The SMILES string of the molecule is Cc1ccc(C)c(Oc2ccccc2C(N)=S)c1C. The fraction of sp³-hybridized carbons (Fsp3) is 0.188. The minimum atomic E-state index is 0.346. The third-order valence-electron chi connectivity index (χ3n) is 3.24. The Morgan fingerprint density at radius 1 is 1.00 bits per heavy atom. The molecule has 19 heavy (non-hydrogen) atoms. The van der Waals surface area contributed by atoms with E-state index in [0.29, 0.717) is 10.7 Å². The van der Waals surface area contributed by atoms with Crippen molar-refractivity contribution >= 4 is 17.2 Å². The molecule has 0 saturated carbocycles. The molecule has 0 aliphatic heterocycles. The summed E-state index contributed by atoms with van der Waals surface area (Å²) >= 11 is 5.06. The normalized spacial score (nSPS) is 10.3. The van der Waals surface area contributed by atoms with Crippen LogP contribution in [-0.2, 0) is 0 Å². The van der Waals surface area contributed by atoms with E-state index in [0.717, 1.165) is 22.4 Å². The standard InChI is InChI=1S/C16H17NOS/c1-10-8-9-11(2)15(12(10)3)18-14-7-5-4-6-13(14)16(17)19/h4-9H,1-3H3,(H2,17,19). The highest BCUT2D eigenvalue weighted by molar-refractivity contribution is 7.80. The van der Waals surface area contributed by atoms with Gasteiger partial charge in [-0.2, -0.15) is 0 Å². The van der Waals surface area contributed by atoms with Crippen LogP contribution in [0.2, 0.25) is 0 Å². The average molecular weight is 271 g/mol. The highest BCUT2D eigenvalue weighted by Crippen LogP contribution is 2.32. The molecule has 0 aliphatic rings. The third-order valence-corrected chi connectivity index (χ3v) is 3.46. The largest absolute Gasteiger partial charge is 0.456 e. The van der Waals surface area contributed by atoms with E-state index in [9.17, 15) is 0 Å². The minimum absolute atomic E-state index is 0.346. The van der Waals surface area contributed by atoms with Gasteiger partial charge in [0.05, 0.1) is 5.56 Å². The molecular formula is C16H17NOS. The van der Waals surface area contributed by atoms with Crippen molar-refractivity contribution in [1.82, 2.24) is 0 Å². The Balaban J connectivity index is 2.48. The first-order valence-corrected chi connectivity index (χ1v) is 6.55. The van der Waals surface area contributed by atoms with Gasteiger partial charge in [-0.25, -0.2) is 0 Å². The number of hydrogen-bond acceptors (Lipinski definition) is 2. The Labute approximate surface area is 119 Å². The summed E-state index contributed by atoms with van der Waals surface area (Å²) in [5.41, 5.74) is 9.92. The molecule has 2 nitrogen and oxygen atoms in total. The first-order valence-electron chi connectivity index (χ1n) is 6.14. The van der Waals surface area contributed by atoms with Gasteiger partial charge in [-0.05, 0) is 49.6 Å². The van der Waals surface area contributed by atoms with Gasteiger partial charge in [-0.15, -0.1) is 0 Å². The van der Waals surface area contributed by atoms with Crippen LogP contribution in [0.1, 0.15) is 22.3 Å². The van der Waals surface area contributed by atoms with Gasteiger partial charge in [0.2, 0.25) is 0 Å². The van der Waals surface area contributed by atoms with Gasteiger partial charge in [0.15, 0.2) is 0 Å². The lowest BCUT2D eigenvalue weighted by Gasteiger charge is -2.15. The number of aryl methyl sites for hydroxylation is 2. The summed E-state index contributed by atoms with van der Waals surface area (Å²) in [5, 5.41) is 0. The summed E-state index contributed by atoms with van der Waals surface area (Å²) in [5.74, 6) is 1.58. The van der Waals surface area contributed by atoms with Crippen LogP contribution in [0, 0.1) is 20.8 Å². The first-order chi connectivity index (χ1) is 9.00. The molecule has 0 saturated heterocycles. The second-order valence-electron chi connectivity index (χ2n) is 4.62. The molecule has 0 fully saturated rings. The Hall–Kier alpha value is -1.87. The van der Waals surface area contributed by atoms with Crippen molar-refractivity contribution in [1.29, 1.82) is 0 Å². The zero-order chi connectivity index (χ0) is 14.0. The summed E-state index contributed by atoms with van der Waals surface area (Å²) in [6.45, 7) is 6.16. The number of rotatable bonds is 3. The Kier molecular flexibility index (Phi) is 3.86. The highest BCUT2D eigenvalue weighted by Gasteiger charge is 2.11. The van der Waals surface area contributed by atoms with Crippen LogP contribution < -0.4 is 10.5 Å². The molecule has 98 valence electrons. The first kappa shape index (κ1) is 13.6. The van der Waals surface area contributed by atoms with E-state index in [1.165, 1.54) is 5.56 Å². The van der Waals surface area contributed by atoms with Crippen molar-refractivity contribution in [2.24, 2.45) is 5.73 Å². The van der Waals surface area contributed by atoms with Crippen molar-refractivity contribution in [3.8, 4) is 11.5 Å². The number of benzene rings is 2. The van der Waals surface area contributed by atoms with Gasteiger partial charge >= 0.3 is 0 Å². The minimum Gasteiger partial charge on any atom is -0.456 e. The fourth-order valence-electron chi connectivity index (χ4n) is 1.95. The lowest BCUT2D eigenvalue weighted by molar-refractivity contribution is 0.473. The topological polar surface area (TPSA) is 35.2 Å². The lowest BCUT2D eigenvalue weighted by Crippen LogP contribution is -2.10. The quantitative estimate of drug-likeness (QED) is 0.856. The predicted octanol–water partition coefficient (Wildman–Crippen LogP) is 4.04. The molecule has 0 heterocycles. The molecule has 0 amide bonds. The van der Waals surface area contributed by atoms with Crippen LogP contribution >= 0.6 is 12.2 Å². The molecule has 0 atom stereocenters. The molecule has 3 heteroatoms. The number of thiocarbonyl (C=S) groups is 1. The number of ether oxygens (including phenoxy) is 1. The van der Waals surface area contributed by atoms with Gasteiger partial charge in [-0.3, -0.25) is 0 Å². The van der Waals surface area contributed by atoms with Gasteiger partial charge in [0.1, 0.15) is 16.5 Å².